The van der Waals surface area contributed by atoms with Crippen LogP contribution in [0.25, 0.3) is 0 Å². The van der Waals surface area contributed by atoms with Gasteiger partial charge in [-0.25, -0.2) is 4.98 Å². The predicted octanol–water partition coefficient (Wildman–Crippen LogP) is 2.58. The number of hydrogen-bond donors (Lipinski definition) is 1. The monoisotopic (exact) mass is 284 g/mol. The standard InChI is InChI=1S/C12H17BrN2O/c1-9(16)8-10-4-3-7-15(10)12-11(13)5-2-6-14-12/h2,5-6,9-10,16H,3-4,7-8H2,1H3/t9-,10-/m1/s1. The minimum Gasteiger partial charge on any atom is -0.393 e. The van der Waals surface area contributed by atoms with Gasteiger partial charge < -0.3 is 10.0 Å². The Balaban J connectivity index is 2.17. The van der Waals surface area contributed by atoms with E-state index in [4.69, 9.17) is 0 Å². The summed E-state index contributed by atoms with van der Waals surface area (Å²) in [5.74, 6) is 1.01. The van der Waals surface area contributed by atoms with Gasteiger partial charge in [0.15, 0.2) is 0 Å². The first-order valence-electron chi connectivity index (χ1n) is 5.73. The summed E-state index contributed by atoms with van der Waals surface area (Å²) in [7, 11) is 0. The van der Waals surface area contributed by atoms with Crippen molar-refractivity contribution in [3.63, 3.8) is 0 Å². The Morgan fingerprint density at radius 1 is 1.69 bits per heavy atom. The number of aliphatic hydroxyl groups is 1. The minimum absolute atomic E-state index is 0.243. The van der Waals surface area contributed by atoms with E-state index >= 15 is 0 Å². The van der Waals surface area contributed by atoms with Crippen molar-refractivity contribution in [2.75, 3.05) is 11.4 Å². The van der Waals surface area contributed by atoms with Crippen molar-refractivity contribution in [3.8, 4) is 0 Å². The number of anilines is 1. The van der Waals surface area contributed by atoms with Crippen LogP contribution in [-0.4, -0.2) is 28.8 Å². The van der Waals surface area contributed by atoms with E-state index in [1.54, 1.807) is 0 Å². The van der Waals surface area contributed by atoms with Crippen molar-refractivity contribution in [1.82, 2.24) is 4.98 Å². The molecule has 3 nitrogen and oxygen atoms in total. The molecule has 1 aliphatic heterocycles. The normalized spacial score (nSPS) is 22.4. The lowest BCUT2D eigenvalue weighted by atomic mass is 10.1. The van der Waals surface area contributed by atoms with Gasteiger partial charge in [0, 0.05) is 18.8 Å². The van der Waals surface area contributed by atoms with Crippen LogP contribution in [0.4, 0.5) is 5.82 Å². The van der Waals surface area contributed by atoms with Gasteiger partial charge in [0.2, 0.25) is 0 Å². The average Bonchev–Trinajstić information content (AvgIpc) is 2.66. The Morgan fingerprint density at radius 2 is 2.50 bits per heavy atom. The highest BCUT2D eigenvalue weighted by Crippen LogP contribution is 2.31. The smallest absolute Gasteiger partial charge is 0.143 e. The molecular weight excluding hydrogens is 268 g/mol. The maximum atomic E-state index is 9.49. The molecule has 0 radical (unpaired) electrons. The molecule has 0 aromatic carbocycles. The Kier molecular flexibility index (Phi) is 3.82. The lowest BCUT2D eigenvalue weighted by Crippen LogP contribution is -2.32. The molecule has 4 heteroatoms. The van der Waals surface area contributed by atoms with Gasteiger partial charge in [0.25, 0.3) is 0 Å². The number of nitrogens with zero attached hydrogens (tertiary/aromatic N) is 2. The van der Waals surface area contributed by atoms with Gasteiger partial charge in [-0.2, -0.15) is 0 Å². The van der Waals surface area contributed by atoms with E-state index in [0.29, 0.717) is 6.04 Å². The van der Waals surface area contributed by atoms with E-state index in [-0.39, 0.29) is 6.10 Å². The zero-order valence-electron chi connectivity index (χ0n) is 9.43. The van der Waals surface area contributed by atoms with Crippen molar-refractivity contribution < 1.29 is 5.11 Å². The third-order valence-corrected chi connectivity index (χ3v) is 3.62. The van der Waals surface area contributed by atoms with Crippen LogP contribution in [0, 0.1) is 0 Å². The summed E-state index contributed by atoms with van der Waals surface area (Å²) >= 11 is 3.53. The van der Waals surface area contributed by atoms with Crippen molar-refractivity contribution in [2.24, 2.45) is 0 Å². The van der Waals surface area contributed by atoms with E-state index in [1.807, 2.05) is 25.3 Å². The van der Waals surface area contributed by atoms with Crippen LogP contribution in [0.2, 0.25) is 0 Å². The summed E-state index contributed by atoms with van der Waals surface area (Å²) in [6.07, 6.45) is 4.72. The fraction of sp³-hybridized carbons (Fsp3) is 0.583. The first-order valence-corrected chi connectivity index (χ1v) is 6.53. The quantitative estimate of drug-likeness (QED) is 0.927. The number of hydrogen-bond acceptors (Lipinski definition) is 3. The topological polar surface area (TPSA) is 36.4 Å². The molecule has 2 rings (SSSR count). The summed E-state index contributed by atoms with van der Waals surface area (Å²) in [4.78, 5) is 6.72. The van der Waals surface area contributed by atoms with Gasteiger partial charge in [0.1, 0.15) is 5.82 Å². The zero-order chi connectivity index (χ0) is 11.5. The zero-order valence-corrected chi connectivity index (χ0v) is 11.0. The fourth-order valence-corrected chi connectivity index (χ4v) is 2.82. The summed E-state index contributed by atoms with van der Waals surface area (Å²) in [6, 6.07) is 4.36. The highest BCUT2D eigenvalue weighted by Gasteiger charge is 2.27. The molecule has 2 heterocycles. The Hall–Kier alpha value is -0.610. The second-order valence-corrected chi connectivity index (χ2v) is 5.24. The van der Waals surface area contributed by atoms with E-state index < -0.39 is 0 Å². The van der Waals surface area contributed by atoms with E-state index in [2.05, 4.69) is 25.8 Å². The molecule has 1 aliphatic rings. The highest BCUT2D eigenvalue weighted by atomic mass is 79.9. The highest BCUT2D eigenvalue weighted by molar-refractivity contribution is 9.10. The van der Waals surface area contributed by atoms with Crippen LogP contribution in [-0.2, 0) is 0 Å². The van der Waals surface area contributed by atoms with Gasteiger partial charge in [0.05, 0.1) is 10.6 Å². The first-order chi connectivity index (χ1) is 7.68. The fourth-order valence-electron chi connectivity index (χ4n) is 2.34. The molecule has 1 N–H and O–H groups in total. The second kappa shape index (κ2) is 5.15. The number of halogens is 1. The molecule has 1 saturated heterocycles. The molecule has 0 amide bonds. The molecule has 1 fully saturated rings. The molecular formula is C12H17BrN2O. The van der Waals surface area contributed by atoms with Crippen molar-refractivity contribution >= 4 is 21.7 Å². The summed E-state index contributed by atoms with van der Waals surface area (Å²) in [6.45, 7) is 2.89. The molecule has 1 aromatic rings. The van der Waals surface area contributed by atoms with E-state index in [0.717, 1.165) is 29.7 Å². The first kappa shape index (κ1) is 11.9. The van der Waals surface area contributed by atoms with Gasteiger partial charge in [-0.15, -0.1) is 0 Å². The van der Waals surface area contributed by atoms with Crippen molar-refractivity contribution in [3.05, 3.63) is 22.8 Å². The van der Waals surface area contributed by atoms with E-state index in [9.17, 15) is 5.11 Å². The molecule has 0 unspecified atom stereocenters. The largest absolute Gasteiger partial charge is 0.393 e. The van der Waals surface area contributed by atoms with Crippen LogP contribution in [0.1, 0.15) is 26.2 Å². The summed E-state index contributed by atoms with van der Waals surface area (Å²) in [5, 5.41) is 9.49. The maximum absolute atomic E-state index is 9.49. The Bertz CT molecular complexity index is 357. The van der Waals surface area contributed by atoms with Crippen LogP contribution >= 0.6 is 15.9 Å². The maximum Gasteiger partial charge on any atom is 0.143 e. The molecule has 0 saturated carbocycles. The molecule has 16 heavy (non-hydrogen) atoms. The third kappa shape index (κ3) is 2.55. The molecule has 0 aliphatic carbocycles. The molecule has 88 valence electrons. The number of aromatic nitrogens is 1. The Morgan fingerprint density at radius 3 is 3.19 bits per heavy atom. The summed E-state index contributed by atoms with van der Waals surface area (Å²) < 4.78 is 1.03. The average molecular weight is 285 g/mol. The van der Waals surface area contributed by atoms with Crippen LogP contribution in [0.5, 0.6) is 0 Å². The predicted molar refractivity (Wildman–Crippen MR) is 68.6 cm³/mol. The number of pyridine rings is 1. The van der Waals surface area contributed by atoms with Crippen LogP contribution < -0.4 is 4.90 Å². The van der Waals surface area contributed by atoms with Gasteiger partial charge in [-0.1, -0.05) is 0 Å². The van der Waals surface area contributed by atoms with Gasteiger partial charge in [-0.05, 0) is 54.2 Å². The van der Waals surface area contributed by atoms with Crippen LogP contribution in [0.3, 0.4) is 0 Å². The molecule has 2 atom stereocenters. The van der Waals surface area contributed by atoms with Crippen LogP contribution in [0.15, 0.2) is 22.8 Å². The third-order valence-electron chi connectivity index (χ3n) is 3.00. The number of aliphatic hydroxyl groups excluding tert-OH is 1. The minimum atomic E-state index is -0.243. The van der Waals surface area contributed by atoms with Gasteiger partial charge >= 0.3 is 0 Å². The Labute approximate surface area is 105 Å². The molecule has 1 aromatic heterocycles. The molecule has 0 bridgehead atoms. The van der Waals surface area contributed by atoms with Crippen molar-refractivity contribution in [2.45, 2.75) is 38.3 Å². The lowest BCUT2D eigenvalue weighted by Gasteiger charge is -2.27. The van der Waals surface area contributed by atoms with Crippen molar-refractivity contribution in [1.29, 1.82) is 0 Å². The number of rotatable bonds is 3. The second-order valence-electron chi connectivity index (χ2n) is 4.38. The van der Waals surface area contributed by atoms with Gasteiger partial charge in [-0.3, -0.25) is 0 Å². The SMILES string of the molecule is C[C@@H](O)C[C@H]1CCCN1c1ncccc1Br. The lowest BCUT2D eigenvalue weighted by molar-refractivity contribution is 0.175. The molecule has 0 spiro atoms. The summed E-state index contributed by atoms with van der Waals surface area (Å²) in [5.41, 5.74) is 0. The van der Waals surface area contributed by atoms with E-state index in [1.165, 1.54) is 6.42 Å².